The maximum atomic E-state index is 5.69. The molecule has 0 N–H and O–H groups in total. The molecule has 1 aromatic rings. The summed E-state index contributed by atoms with van der Waals surface area (Å²) in [5.41, 5.74) is 1.10. The highest BCUT2D eigenvalue weighted by Crippen LogP contribution is 2.27. The molecular weight excluding hydrogens is 296 g/mol. The molecule has 0 aliphatic carbocycles. The Balaban J connectivity index is 2.18. The van der Waals surface area contributed by atoms with E-state index < -0.39 is 0 Å². The SMILES string of the molecule is CCOC1=NCCN(Cc2ccc(OC)cc2OC)[C@@H]1COC. The maximum absolute atomic E-state index is 5.69. The van der Waals surface area contributed by atoms with Crippen LogP contribution in [0.1, 0.15) is 12.5 Å². The van der Waals surface area contributed by atoms with Gasteiger partial charge < -0.3 is 18.9 Å². The molecule has 23 heavy (non-hydrogen) atoms. The van der Waals surface area contributed by atoms with E-state index in [2.05, 4.69) is 9.89 Å². The Labute approximate surface area is 138 Å². The van der Waals surface area contributed by atoms with Crippen LogP contribution in [0.4, 0.5) is 0 Å². The lowest BCUT2D eigenvalue weighted by Crippen LogP contribution is -2.49. The molecule has 0 radical (unpaired) electrons. The second kappa shape index (κ2) is 8.74. The molecule has 2 rings (SSSR count). The average molecular weight is 322 g/mol. The lowest BCUT2D eigenvalue weighted by atomic mass is 10.1. The summed E-state index contributed by atoms with van der Waals surface area (Å²) in [4.78, 5) is 6.81. The zero-order valence-corrected chi connectivity index (χ0v) is 14.4. The van der Waals surface area contributed by atoms with Crippen LogP contribution in [0.2, 0.25) is 0 Å². The second-order valence-corrected chi connectivity index (χ2v) is 5.27. The molecule has 0 unspecified atom stereocenters. The number of benzene rings is 1. The van der Waals surface area contributed by atoms with E-state index in [1.54, 1.807) is 21.3 Å². The first kappa shape index (κ1) is 17.6. The minimum absolute atomic E-state index is 0.0282. The van der Waals surface area contributed by atoms with Gasteiger partial charge in [0.15, 0.2) is 0 Å². The van der Waals surface area contributed by atoms with Crippen molar-refractivity contribution in [2.45, 2.75) is 19.5 Å². The number of aliphatic imine (C=N–C) groups is 1. The summed E-state index contributed by atoms with van der Waals surface area (Å²) in [5.74, 6) is 2.36. The molecule has 0 fully saturated rings. The molecule has 6 nitrogen and oxygen atoms in total. The topological polar surface area (TPSA) is 52.5 Å². The highest BCUT2D eigenvalue weighted by Gasteiger charge is 2.29. The van der Waals surface area contributed by atoms with Gasteiger partial charge in [-0.2, -0.15) is 0 Å². The van der Waals surface area contributed by atoms with Crippen molar-refractivity contribution in [1.82, 2.24) is 4.90 Å². The van der Waals surface area contributed by atoms with Crippen molar-refractivity contribution in [3.05, 3.63) is 23.8 Å². The Morgan fingerprint density at radius 1 is 1.22 bits per heavy atom. The zero-order chi connectivity index (χ0) is 16.7. The molecule has 0 saturated carbocycles. The van der Waals surface area contributed by atoms with Gasteiger partial charge in [-0.1, -0.05) is 6.07 Å². The number of hydrogen-bond acceptors (Lipinski definition) is 6. The quantitative estimate of drug-likeness (QED) is 0.768. The first-order valence-electron chi connectivity index (χ1n) is 7.84. The molecule has 0 aromatic heterocycles. The Bertz CT molecular complexity index is 533. The third-order valence-electron chi connectivity index (χ3n) is 3.87. The Morgan fingerprint density at radius 2 is 2.04 bits per heavy atom. The lowest BCUT2D eigenvalue weighted by Gasteiger charge is -2.34. The first-order valence-corrected chi connectivity index (χ1v) is 7.84. The molecule has 1 aliphatic heterocycles. The standard InChI is InChI=1S/C17H26N2O4/c1-5-23-17-15(12-20-2)19(9-8-18-17)11-13-6-7-14(21-3)10-16(13)22-4/h6-7,10,15H,5,8-9,11-12H2,1-4H3/t15-/m1/s1. The van der Waals surface area contributed by atoms with Crippen LogP contribution < -0.4 is 9.47 Å². The van der Waals surface area contributed by atoms with Crippen molar-refractivity contribution < 1.29 is 18.9 Å². The van der Waals surface area contributed by atoms with Gasteiger partial charge in [0.1, 0.15) is 17.5 Å². The van der Waals surface area contributed by atoms with Crippen LogP contribution in [0.3, 0.4) is 0 Å². The number of hydrogen-bond donors (Lipinski definition) is 0. The fourth-order valence-corrected chi connectivity index (χ4v) is 2.72. The normalized spacial score (nSPS) is 18.4. The van der Waals surface area contributed by atoms with Crippen molar-refractivity contribution in [3.8, 4) is 11.5 Å². The Morgan fingerprint density at radius 3 is 2.70 bits per heavy atom. The van der Waals surface area contributed by atoms with E-state index >= 15 is 0 Å². The monoisotopic (exact) mass is 322 g/mol. The Hall–Kier alpha value is -1.79. The lowest BCUT2D eigenvalue weighted by molar-refractivity contribution is 0.0965. The van der Waals surface area contributed by atoms with E-state index in [9.17, 15) is 0 Å². The molecule has 1 aromatic carbocycles. The molecule has 0 spiro atoms. The highest BCUT2D eigenvalue weighted by molar-refractivity contribution is 5.82. The Kier molecular flexibility index (Phi) is 6.67. The third kappa shape index (κ3) is 4.36. The number of nitrogens with zero attached hydrogens (tertiary/aromatic N) is 2. The molecule has 0 bridgehead atoms. The molecular formula is C17H26N2O4. The van der Waals surface area contributed by atoms with Crippen LogP contribution >= 0.6 is 0 Å². The van der Waals surface area contributed by atoms with Crippen LogP contribution in [-0.2, 0) is 16.0 Å². The predicted octanol–water partition coefficient (Wildman–Crippen LogP) is 1.97. The summed E-state index contributed by atoms with van der Waals surface area (Å²) in [5, 5.41) is 0. The molecule has 6 heteroatoms. The minimum atomic E-state index is 0.0282. The van der Waals surface area contributed by atoms with Gasteiger partial charge in [-0.3, -0.25) is 9.89 Å². The van der Waals surface area contributed by atoms with Gasteiger partial charge >= 0.3 is 0 Å². The fraction of sp³-hybridized carbons (Fsp3) is 0.588. The smallest absolute Gasteiger partial charge is 0.203 e. The van der Waals surface area contributed by atoms with Crippen molar-refractivity contribution >= 4 is 5.90 Å². The van der Waals surface area contributed by atoms with Crippen molar-refractivity contribution in [3.63, 3.8) is 0 Å². The van der Waals surface area contributed by atoms with Crippen molar-refractivity contribution in [2.75, 3.05) is 47.6 Å². The summed E-state index contributed by atoms with van der Waals surface area (Å²) in [6.45, 7) is 5.47. The van der Waals surface area contributed by atoms with E-state index in [0.717, 1.165) is 42.6 Å². The maximum Gasteiger partial charge on any atom is 0.203 e. The number of rotatable bonds is 7. The van der Waals surface area contributed by atoms with Gasteiger partial charge in [0.25, 0.3) is 0 Å². The van der Waals surface area contributed by atoms with Gasteiger partial charge in [0.05, 0.1) is 34.0 Å². The fourth-order valence-electron chi connectivity index (χ4n) is 2.72. The molecule has 0 amide bonds. The third-order valence-corrected chi connectivity index (χ3v) is 3.87. The molecule has 1 aliphatic rings. The summed E-state index contributed by atoms with van der Waals surface area (Å²) < 4.78 is 21.8. The van der Waals surface area contributed by atoms with Crippen LogP contribution in [0.15, 0.2) is 23.2 Å². The van der Waals surface area contributed by atoms with Gasteiger partial charge in [0, 0.05) is 31.8 Å². The van der Waals surface area contributed by atoms with E-state index in [4.69, 9.17) is 18.9 Å². The molecule has 128 valence electrons. The number of ether oxygens (including phenoxy) is 4. The molecule has 1 heterocycles. The second-order valence-electron chi connectivity index (χ2n) is 5.27. The first-order chi connectivity index (χ1) is 11.2. The average Bonchev–Trinajstić information content (AvgIpc) is 2.58. The van der Waals surface area contributed by atoms with E-state index in [1.165, 1.54) is 0 Å². The summed E-state index contributed by atoms with van der Waals surface area (Å²) in [6.07, 6.45) is 0. The number of methoxy groups -OCH3 is 3. The predicted molar refractivity (Wildman–Crippen MR) is 89.5 cm³/mol. The van der Waals surface area contributed by atoms with Gasteiger partial charge in [-0.15, -0.1) is 0 Å². The summed E-state index contributed by atoms with van der Waals surface area (Å²) in [6, 6.07) is 5.92. The van der Waals surface area contributed by atoms with Gasteiger partial charge in [-0.05, 0) is 13.0 Å². The largest absolute Gasteiger partial charge is 0.497 e. The van der Waals surface area contributed by atoms with Gasteiger partial charge in [-0.25, -0.2) is 0 Å². The van der Waals surface area contributed by atoms with Gasteiger partial charge in [0.2, 0.25) is 5.90 Å². The van der Waals surface area contributed by atoms with Crippen molar-refractivity contribution in [1.29, 1.82) is 0 Å². The van der Waals surface area contributed by atoms with E-state index in [0.29, 0.717) is 13.2 Å². The summed E-state index contributed by atoms with van der Waals surface area (Å²) >= 11 is 0. The van der Waals surface area contributed by atoms with Crippen molar-refractivity contribution in [2.24, 2.45) is 4.99 Å². The van der Waals surface area contributed by atoms with Crippen LogP contribution in [0.25, 0.3) is 0 Å². The van der Waals surface area contributed by atoms with Crippen LogP contribution in [-0.4, -0.2) is 64.5 Å². The van der Waals surface area contributed by atoms with E-state index in [-0.39, 0.29) is 6.04 Å². The minimum Gasteiger partial charge on any atom is -0.497 e. The molecule has 0 saturated heterocycles. The highest BCUT2D eigenvalue weighted by atomic mass is 16.5. The zero-order valence-electron chi connectivity index (χ0n) is 14.4. The summed E-state index contributed by atoms with van der Waals surface area (Å²) in [7, 11) is 5.02. The van der Waals surface area contributed by atoms with Crippen LogP contribution in [0.5, 0.6) is 11.5 Å². The van der Waals surface area contributed by atoms with E-state index in [1.807, 2.05) is 25.1 Å². The molecule has 1 atom stereocenters. The van der Waals surface area contributed by atoms with Crippen LogP contribution in [0, 0.1) is 0 Å².